The van der Waals surface area contributed by atoms with Crippen LogP contribution in [0.1, 0.15) is 81.2 Å². The van der Waals surface area contributed by atoms with E-state index in [4.69, 9.17) is 42.7 Å². The molecule has 1 aliphatic heterocycles. The SMILES string of the molecule is COCCOC1C(OP(CC(=O)OC(C)(C)CC#N)N(C(C)C)C(C)C)[C@@H](COC(c2ccccc2)(c2ccc(OC)cc2)c2ccc(OC)cc2)O[C@H]1n1cnc2c(NC(=O)c3ccccc3)ncnc21. The van der Waals surface area contributed by atoms with E-state index >= 15 is 0 Å². The predicted molar refractivity (Wildman–Crippen MR) is 273 cm³/mol. The Bertz CT molecular complexity index is 2680. The average Bonchev–Trinajstić information content (AvgIpc) is 3.96. The van der Waals surface area contributed by atoms with E-state index < -0.39 is 50.0 Å². The monoisotopic (exact) mass is 1000 g/mol. The van der Waals surface area contributed by atoms with Gasteiger partial charge in [-0.3, -0.25) is 18.8 Å². The summed E-state index contributed by atoms with van der Waals surface area (Å²) in [7, 11) is 3.02. The van der Waals surface area contributed by atoms with E-state index in [2.05, 4.69) is 26.0 Å². The molecule has 1 amide bonds. The highest BCUT2D eigenvalue weighted by Gasteiger charge is 2.52. The van der Waals surface area contributed by atoms with Crippen molar-refractivity contribution in [2.45, 2.75) is 95.8 Å². The minimum absolute atomic E-state index is 0.00813. The van der Waals surface area contributed by atoms with Gasteiger partial charge in [0.05, 0.1) is 52.9 Å². The first-order valence-electron chi connectivity index (χ1n) is 23.8. The van der Waals surface area contributed by atoms with Crippen LogP contribution >= 0.6 is 8.30 Å². The van der Waals surface area contributed by atoms with Crippen LogP contribution in [0.3, 0.4) is 0 Å². The van der Waals surface area contributed by atoms with Gasteiger partial charge in [0.25, 0.3) is 5.91 Å². The number of nitrogens with zero attached hydrogens (tertiary/aromatic N) is 6. The van der Waals surface area contributed by atoms with Gasteiger partial charge in [-0.15, -0.1) is 0 Å². The zero-order valence-electron chi connectivity index (χ0n) is 42.3. The van der Waals surface area contributed by atoms with Gasteiger partial charge >= 0.3 is 5.97 Å². The first-order valence-corrected chi connectivity index (χ1v) is 25.2. The van der Waals surface area contributed by atoms with Gasteiger partial charge in [0.15, 0.2) is 23.2 Å². The maximum atomic E-state index is 14.1. The van der Waals surface area contributed by atoms with E-state index in [1.54, 1.807) is 70.3 Å². The molecule has 6 aromatic rings. The van der Waals surface area contributed by atoms with Gasteiger partial charge in [-0.25, -0.2) is 15.0 Å². The fourth-order valence-corrected chi connectivity index (χ4v) is 11.1. The van der Waals surface area contributed by atoms with Crippen molar-refractivity contribution in [3.8, 4) is 17.6 Å². The lowest BCUT2D eigenvalue weighted by Crippen LogP contribution is -2.43. The number of rotatable bonds is 24. The van der Waals surface area contributed by atoms with Crippen molar-refractivity contribution in [1.29, 1.82) is 5.26 Å². The summed E-state index contributed by atoms with van der Waals surface area (Å²) in [6.45, 7) is 11.9. The minimum Gasteiger partial charge on any atom is -0.497 e. The molecule has 0 bridgehead atoms. The van der Waals surface area contributed by atoms with Crippen LogP contribution < -0.4 is 14.8 Å². The number of anilines is 1. The number of nitrogens with one attached hydrogen (secondary N) is 1. The van der Waals surface area contributed by atoms with Crippen LogP contribution in [0, 0.1) is 11.3 Å². The summed E-state index contributed by atoms with van der Waals surface area (Å²) in [4.78, 5) is 41.3. The van der Waals surface area contributed by atoms with E-state index in [9.17, 15) is 14.9 Å². The summed E-state index contributed by atoms with van der Waals surface area (Å²) in [5, 5.41) is 12.4. The molecule has 1 N–H and O–H groups in total. The van der Waals surface area contributed by atoms with Crippen LogP contribution in [0.2, 0.25) is 0 Å². The number of nitriles is 1. The van der Waals surface area contributed by atoms with E-state index in [1.807, 2.05) is 113 Å². The molecule has 3 heterocycles. The van der Waals surface area contributed by atoms with Crippen molar-refractivity contribution in [3.05, 3.63) is 144 Å². The molecular formula is C54H64N7O10P. The first-order chi connectivity index (χ1) is 34.7. The van der Waals surface area contributed by atoms with E-state index in [0.29, 0.717) is 28.2 Å². The standard InChI is InChI=1S/C54H64N7O10P/c1-36(2)61(37(3)4)72(33-45(62)70-53(5,6)28-29-55)71-47-44(32-68-54(39-18-14-11-15-19-39,40-20-24-42(65-8)25-21-40)41-22-26-43(66-9)27-23-41)69-52(48(47)67-31-30-64-7)60-35-58-46-49(56-34-57-50(46)60)59-51(63)38-16-12-10-13-17-38/h10-27,34-37,44,47-48,52H,28,30-33H2,1-9H3,(H,56,57,59,63)/t44-,47?,48?,52-,72?/m1/s1. The first kappa shape index (κ1) is 53.4. The molecule has 72 heavy (non-hydrogen) atoms. The molecule has 2 aromatic heterocycles. The fourth-order valence-electron chi connectivity index (χ4n) is 8.92. The number of hydrogen-bond acceptors (Lipinski definition) is 15. The molecule has 3 unspecified atom stereocenters. The predicted octanol–water partition coefficient (Wildman–Crippen LogP) is 9.08. The van der Waals surface area contributed by atoms with Gasteiger partial charge in [0.2, 0.25) is 0 Å². The quantitative estimate of drug-likeness (QED) is 0.0261. The number of methoxy groups -OCH3 is 3. The lowest BCUT2D eigenvalue weighted by molar-refractivity contribution is -0.152. The van der Waals surface area contributed by atoms with Crippen LogP contribution in [-0.4, -0.2) is 119 Å². The van der Waals surface area contributed by atoms with Crippen molar-refractivity contribution in [2.24, 2.45) is 0 Å². The molecule has 1 aliphatic rings. The molecule has 380 valence electrons. The number of aromatic nitrogens is 4. The highest BCUT2D eigenvalue weighted by Crippen LogP contribution is 2.51. The van der Waals surface area contributed by atoms with Crippen molar-refractivity contribution in [3.63, 3.8) is 0 Å². The van der Waals surface area contributed by atoms with Gasteiger partial charge in [-0.2, -0.15) is 5.26 Å². The lowest BCUT2D eigenvalue weighted by Gasteiger charge is -2.40. The van der Waals surface area contributed by atoms with E-state index in [1.165, 1.54) is 6.33 Å². The molecule has 0 aliphatic carbocycles. The fraction of sp³-hybridized carbons (Fsp3) is 0.407. The Hall–Kier alpha value is -6.35. The minimum atomic E-state index is -1.81. The summed E-state index contributed by atoms with van der Waals surface area (Å²) in [5.41, 5.74) is 1.27. The van der Waals surface area contributed by atoms with Crippen LogP contribution in [0.5, 0.6) is 11.5 Å². The van der Waals surface area contributed by atoms with Gasteiger partial charge in [-0.05, 0) is 94.6 Å². The zero-order chi connectivity index (χ0) is 51.4. The third-order valence-electron chi connectivity index (χ3n) is 12.1. The van der Waals surface area contributed by atoms with Gasteiger partial charge < -0.3 is 43.0 Å². The topological polar surface area (TPSA) is 191 Å². The summed E-state index contributed by atoms with van der Waals surface area (Å²) < 4.78 is 55.5. The molecule has 5 atom stereocenters. The lowest BCUT2D eigenvalue weighted by atomic mass is 9.80. The number of fused-ring (bicyclic) bond motifs is 1. The maximum absolute atomic E-state index is 14.1. The second kappa shape index (κ2) is 24.4. The van der Waals surface area contributed by atoms with Gasteiger partial charge in [-0.1, -0.05) is 72.8 Å². The number of hydrogen-bond donors (Lipinski definition) is 1. The van der Waals surface area contributed by atoms with Crippen molar-refractivity contribution < 1.29 is 47.3 Å². The van der Waals surface area contributed by atoms with Gasteiger partial charge in [0, 0.05) is 24.8 Å². The van der Waals surface area contributed by atoms with Crippen molar-refractivity contribution in [1.82, 2.24) is 24.2 Å². The van der Waals surface area contributed by atoms with Crippen LogP contribution in [-0.2, 0) is 38.6 Å². The third kappa shape index (κ3) is 12.3. The van der Waals surface area contributed by atoms with Crippen LogP contribution in [0.15, 0.2) is 122 Å². The molecule has 1 fully saturated rings. The number of ether oxygens (including phenoxy) is 7. The molecule has 1 saturated heterocycles. The molecule has 0 radical (unpaired) electrons. The molecule has 7 rings (SSSR count). The zero-order valence-corrected chi connectivity index (χ0v) is 43.2. The smallest absolute Gasteiger partial charge is 0.314 e. The average molecular weight is 1000 g/mol. The number of esters is 1. The van der Waals surface area contributed by atoms with Crippen molar-refractivity contribution in [2.75, 3.05) is 52.6 Å². The van der Waals surface area contributed by atoms with Crippen molar-refractivity contribution >= 4 is 37.2 Å². The number of amides is 1. The number of benzene rings is 4. The third-order valence-corrected chi connectivity index (χ3v) is 14.6. The number of carbonyl (C=O) groups excluding carboxylic acids is 2. The molecule has 0 spiro atoms. The largest absolute Gasteiger partial charge is 0.497 e. The maximum Gasteiger partial charge on any atom is 0.314 e. The molecule has 18 heteroatoms. The van der Waals surface area contributed by atoms with Gasteiger partial charge in [0.1, 0.15) is 61.8 Å². The second-order valence-corrected chi connectivity index (χ2v) is 20.0. The van der Waals surface area contributed by atoms with Crippen LogP contribution in [0.4, 0.5) is 5.82 Å². The second-order valence-electron chi connectivity index (χ2n) is 18.3. The highest BCUT2D eigenvalue weighted by molar-refractivity contribution is 7.51. The summed E-state index contributed by atoms with van der Waals surface area (Å²) >= 11 is 0. The molecule has 17 nitrogen and oxygen atoms in total. The summed E-state index contributed by atoms with van der Waals surface area (Å²) in [6.07, 6.45) is -0.864. The normalized spacial score (nSPS) is 17.5. The summed E-state index contributed by atoms with van der Waals surface area (Å²) in [5.74, 6) is 0.657. The molecular weight excluding hydrogens is 938 g/mol. The Labute approximate surface area is 422 Å². The Balaban J connectivity index is 1.38. The highest BCUT2D eigenvalue weighted by atomic mass is 31.2. The Morgan fingerprint density at radius 1 is 0.806 bits per heavy atom. The number of carbonyl (C=O) groups is 2. The Morgan fingerprint density at radius 2 is 1.40 bits per heavy atom. The van der Waals surface area contributed by atoms with E-state index in [0.717, 1.165) is 16.7 Å². The van der Waals surface area contributed by atoms with Crippen LogP contribution in [0.25, 0.3) is 11.2 Å². The Kier molecular flexibility index (Phi) is 18.1. The Morgan fingerprint density at radius 3 is 1.97 bits per heavy atom. The molecule has 0 saturated carbocycles. The number of imidazole rings is 1. The molecule has 4 aromatic carbocycles. The van der Waals surface area contributed by atoms with E-state index in [-0.39, 0.29) is 56.2 Å². The summed E-state index contributed by atoms with van der Waals surface area (Å²) in [6, 6.07) is 36.2.